The summed E-state index contributed by atoms with van der Waals surface area (Å²) in [5.74, 6) is -0.104. The van der Waals surface area contributed by atoms with Crippen molar-refractivity contribution in [3.63, 3.8) is 0 Å². The highest BCUT2D eigenvalue weighted by Crippen LogP contribution is 2.27. The number of benzene rings is 1. The van der Waals surface area contributed by atoms with Crippen molar-refractivity contribution in [1.82, 2.24) is 0 Å². The normalized spacial score (nSPS) is 10.4. The van der Waals surface area contributed by atoms with Gasteiger partial charge in [0.1, 0.15) is 0 Å². The minimum atomic E-state index is -0.104. The van der Waals surface area contributed by atoms with E-state index in [4.69, 9.17) is 17.3 Å². The molecule has 0 atom stereocenters. The maximum absolute atomic E-state index is 12.1. The van der Waals surface area contributed by atoms with Crippen molar-refractivity contribution < 1.29 is 4.79 Å². The SMILES string of the molecule is Nc1cc(Br)cc(C(=O)c2sccc2Cl)c1. The fraction of sp³-hybridized carbons (Fsp3) is 0. The van der Waals surface area contributed by atoms with Crippen LogP contribution in [0.1, 0.15) is 15.2 Å². The summed E-state index contributed by atoms with van der Waals surface area (Å²) in [6.45, 7) is 0. The van der Waals surface area contributed by atoms with Gasteiger partial charge in [0, 0.05) is 15.7 Å². The fourth-order valence-corrected chi connectivity index (χ4v) is 2.94. The summed E-state index contributed by atoms with van der Waals surface area (Å²) in [7, 11) is 0. The lowest BCUT2D eigenvalue weighted by atomic mass is 10.1. The van der Waals surface area contributed by atoms with Crippen LogP contribution in [0.3, 0.4) is 0 Å². The topological polar surface area (TPSA) is 43.1 Å². The van der Waals surface area contributed by atoms with Crippen LogP contribution in [-0.2, 0) is 0 Å². The zero-order valence-electron chi connectivity index (χ0n) is 8.04. The first kappa shape index (κ1) is 11.6. The van der Waals surface area contributed by atoms with E-state index in [1.54, 1.807) is 29.6 Å². The Balaban J connectivity index is 2.45. The number of hydrogen-bond donors (Lipinski definition) is 1. The maximum Gasteiger partial charge on any atom is 0.204 e. The molecule has 0 spiro atoms. The smallest absolute Gasteiger partial charge is 0.204 e. The molecule has 0 aliphatic carbocycles. The summed E-state index contributed by atoms with van der Waals surface area (Å²) in [5, 5.41) is 2.27. The van der Waals surface area contributed by atoms with Crippen molar-refractivity contribution in [2.24, 2.45) is 0 Å². The Kier molecular flexibility index (Phi) is 3.33. The van der Waals surface area contributed by atoms with Gasteiger partial charge in [0.2, 0.25) is 5.78 Å². The average molecular weight is 317 g/mol. The Labute approximate surface area is 110 Å². The molecule has 0 amide bonds. The monoisotopic (exact) mass is 315 g/mol. The molecule has 0 fully saturated rings. The van der Waals surface area contributed by atoms with E-state index in [0.717, 1.165) is 4.47 Å². The molecule has 0 unspecified atom stereocenters. The summed E-state index contributed by atoms with van der Waals surface area (Å²) in [6, 6.07) is 6.82. The van der Waals surface area contributed by atoms with Crippen LogP contribution in [0.15, 0.2) is 34.1 Å². The minimum absolute atomic E-state index is 0.104. The van der Waals surface area contributed by atoms with Crippen molar-refractivity contribution >= 4 is 50.3 Å². The van der Waals surface area contributed by atoms with Crippen LogP contribution in [0.2, 0.25) is 5.02 Å². The lowest BCUT2D eigenvalue weighted by Crippen LogP contribution is -2.00. The van der Waals surface area contributed by atoms with Gasteiger partial charge in [0.25, 0.3) is 0 Å². The second kappa shape index (κ2) is 4.57. The first-order chi connectivity index (χ1) is 7.58. The van der Waals surface area contributed by atoms with Crippen molar-refractivity contribution in [2.75, 3.05) is 5.73 Å². The van der Waals surface area contributed by atoms with Gasteiger partial charge in [-0.15, -0.1) is 11.3 Å². The lowest BCUT2D eigenvalue weighted by molar-refractivity contribution is 0.104. The molecule has 1 aromatic carbocycles. The highest BCUT2D eigenvalue weighted by atomic mass is 79.9. The van der Waals surface area contributed by atoms with E-state index in [9.17, 15) is 4.79 Å². The van der Waals surface area contributed by atoms with Crippen LogP contribution >= 0.6 is 38.9 Å². The highest BCUT2D eigenvalue weighted by Gasteiger charge is 2.14. The molecule has 0 aliphatic rings. The number of carbonyl (C=O) groups is 1. The Morgan fingerprint density at radius 1 is 1.38 bits per heavy atom. The standard InChI is InChI=1S/C11H7BrClNOS/c12-7-3-6(4-8(14)5-7)10(15)11-9(13)1-2-16-11/h1-5H,14H2. The van der Waals surface area contributed by atoms with Crippen LogP contribution in [0.25, 0.3) is 0 Å². The quantitative estimate of drug-likeness (QED) is 0.673. The molecule has 0 saturated carbocycles. The van der Waals surface area contributed by atoms with Gasteiger partial charge in [0.15, 0.2) is 0 Å². The number of ketones is 1. The van der Waals surface area contributed by atoms with Gasteiger partial charge in [-0.25, -0.2) is 0 Å². The van der Waals surface area contributed by atoms with Crippen molar-refractivity contribution in [1.29, 1.82) is 0 Å². The second-order valence-electron chi connectivity index (χ2n) is 3.20. The molecule has 82 valence electrons. The third kappa shape index (κ3) is 2.29. The van der Waals surface area contributed by atoms with E-state index in [2.05, 4.69) is 15.9 Å². The number of hydrogen-bond acceptors (Lipinski definition) is 3. The first-order valence-electron chi connectivity index (χ1n) is 4.41. The summed E-state index contributed by atoms with van der Waals surface area (Å²) >= 11 is 10.5. The van der Waals surface area contributed by atoms with Gasteiger partial charge in [-0.3, -0.25) is 4.79 Å². The Bertz CT molecular complexity index is 532. The largest absolute Gasteiger partial charge is 0.399 e. The molecule has 2 rings (SSSR count). The van der Waals surface area contributed by atoms with Crippen molar-refractivity contribution in [3.8, 4) is 0 Å². The summed E-state index contributed by atoms with van der Waals surface area (Å²) < 4.78 is 0.781. The van der Waals surface area contributed by atoms with E-state index >= 15 is 0 Å². The Morgan fingerprint density at radius 2 is 2.12 bits per heavy atom. The number of carbonyl (C=O) groups excluding carboxylic acids is 1. The molecule has 2 N–H and O–H groups in total. The van der Waals surface area contributed by atoms with E-state index < -0.39 is 0 Å². The predicted molar refractivity (Wildman–Crippen MR) is 71.3 cm³/mol. The molecular weight excluding hydrogens is 310 g/mol. The summed E-state index contributed by atoms with van der Waals surface area (Å²) in [5.41, 5.74) is 6.76. The predicted octanol–water partition coefficient (Wildman–Crippen LogP) is 3.98. The number of anilines is 1. The molecule has 2 aromatic rings. The maximum atomic E-state index is 12.1. The molecule has 0 bridgehead atoms. The van der Waals surface area contributed by atoms with Crippen molar-refractivity contribution in [3.05, 3.63) is 49.6 Å². The van der Waals surface area contributed by atoms with Crippen LogP contribution < -0.4 is 5.73 Å². The molecular formula is C11H7BrClNOS. The molecule has 0 radical (unpaired) electrons. The van der Waals surface area contributed by atoms with E-state index in [0.29, 0.717) is 21.2 Å². The van der Waals surface area contributed by atoms with Gasteiger partial charge >= 0.3 is 0 Å². The van der Waals surface area contributed by atoms with Crippen LogP contribution in [0.4, 0.5) is 5.69 Å². The fourth-order valence-electron chi connectivity index (χ4n) is 1.33. The Morgan fingerprint density at radius 3 is 2.69 bits per heavy atom. The van der Waals surface area contributed by atoms with E-state index in [-0.39, 0.29) is 5.78 Å². The molecule has 0 aliphatic heterocycles. The second-order valence-corrected chi connectivity index (χ2v) is 5.44. The zero-order chi connectivity index (χ0) is 11.7. The van der Waals surface area contributed by atoms with Gasteiger partial charge in [-0.2, -0.15) is 0 Å². The van der Waals surface area contributed by atoms with Gasteiger partial charge in [0.05, 0.1) is 9.90 Å². The molecule has 5 heteroatoms. The van der Waals surface area contributed by atoms with Gasteiger partial charge in [-0.1, -0.05) is 27.5 Å². The third-order valence-electron chi connectivity index (χ3n) is 2.01. The summed E-state index contributed by atoms with van der Waals surface area (Å²) in [6.07, 6.45) is 0. The first-order valence-corrected chi connectivity index (χ1v) is 6.47. The van der Waals surface area contributed by atoms with Crippen molar-refractivity contribution in [2.45, 2.75) is 0 Å². The summed E-state index contributed by atoms with van der Waals surface area (Å²) in [4.78, 5) is 12.6. The number of nitrogen functional groups attached to an aromatic ring is 1. The molecule has 16 heavy (non-hydrogen) atoms. The third-order valence-corrected chi connectivity index (χ3v) is 3.80. The van der Waals surface area contributed by atoms with Gasteiger partial charge in [-0.05, 0) is 29.6 Å². The number of rotatable bonds is 2. The molecule has 1 aromatic heterocycles. The number of nitrogens with two attached hydrogens (primary N) is 1. The molecule has 1 heterocycles. The average Bonchev–Trinajstić information content (AvgIpc) is 2.62. The highest BCUT2D eigenvalue weighted by molar-refractivity contribution is 9.10. The van der Waals surface area contributed by atoms with Crippen LogP contribution in [-0.4, -0.2) is 5.78 Å². The molecule has 2 nitrogen and oxygen atoms in total. The lowest BCUT2D eigenvalue weighted by Gasteiger charge is -2.02. The van der Waals surface area contributed by atoms with E-state index in [1.165, 1.54) is 11.3 Å². The molecule has 0 saturated heterocycles. The van der Waals surface area contributed by atoms with E-state index in [1.807, 2.05) is 0 Å². The van der Waals surface area contributed by atoms with Crippen LogP contribution in [0, 0.1) is 0 Å². The Hall–Kier alpha value is -0.840. The van der Waals surface area contributed by atoms with Crippen LogP contribution in [0.5, 0.6) is 0 Å². The number of thiophene rings is 1. The zero-order valence-corrected chi connectivity index (χ0v) is 11.2. The van der Waals surface area contributed by atoms with Gasteiger partial charge < -0.3 is 5.73 Å². The number of halogens is 2. The minimum Gasteiger partial charge on any atom is -0.399 e.